The van der Waals surface area contributed by atoms with E-state index in [4.69, 9.17) is 24.7 Å². The fourth-order valence-electron chi connectivity index (χ4n) is 6.19. The molecule has 0 radical (unpaired) electrons. The van der Waals surface area contributed by atoms with Crippen molar-refractivity contribution in [1.29, 1.82) is 0 Å². The standard InChI is InChI=1S/C29H38N8O2.C2H6/c1-29(2,38)20-10-12-35(13-11-20)18-23-31-24-26(34(23)3)32-28(33-27(24)36-14-16-39-17-15-36)37-22-7-5-4-6-21(22)30-25(37)19-8-9-19;1-2/h4-7,19-20,38H,8-18H2,1-3H3;1-2H3. The van der Waals surface area contributed by atoms with E-state index in [1.807, 2.05) is 33.8 Å². The lowest BCUT2D eigenvalue weighted by Gasteiger charge is -2.37. The van der Waals surface area contributed by atoms with E-state index in [2.05, 4.69) is 44.2 Å². The number of likely N-dealkylation sites (tertiary alicyclic amines) is 1. The summed E-state index contributed by atoms with van der Waals surface area (Å²) in [6, 6.07) is 8.28. The lowest BCUT2D eigenvalue weighted by atomic mass is 9.83. The second-order valence-corrected chi connectivity index (χ2v) is 12.0. The predicted molar refractivity (Wildman–Crippen MR) is 162 cm³/mol. The monoisotopic (exact) mass is 560 g/mol. The fraction of sp³-hybridized carbons (Fsp3) is 0.613. The van der Waals surface area contributed by atoms with Crippen molar-refractivity contribution < 1.29 is 9.84 Å². The van der Waals surface area contributed by atoms with E-state index < -0.39 is 5.60 Å². The van der Waals surface area contributed by atoms with Crippen molar-refractivity contribution >= 4 is 28.0 Å². The highest BCUT2D eigenvalue weighted by Crippen LogP contribution is 2.42. The summed E-state index contributed by atoms with van der Waals surface area (Å²) in [6.07, 6.45) is 4.30. The number of anilines is 1. The van der Waals surface area contributed by atoms with Crippen LogP contribution in [0.2, 0.25) is 0 Å². The van der Waals surface area contributed by atoms with Gasteiger partial charge in [0.05, 0.1) is 36.4 Å². The van der Waals surface area contributed by atoms with Gasteiger partial charge in [0.25, 0.3) is 0 Å². The highest BCUT2D eigenvalue weighted by Gasteiger charge is 2.33. The van der Waals surface area contributed by atoms with Crippen LogP contribution in [0.25, 0.3) is 28.1 Å². The Morgan fingerprint density at radius 3 is 2.32 bits per heavy atom. The number of aryl methyl sites for hydroxylation is 1. The summed E-state index contributed by atoms with van der Waals surface area (Å²) in [4.78, 5) is 25.2. The van der Waals surface area contributed by atoms with Crippen LogP contribution < -0.4 is 4.90 Å². The van der Waals surface area contributed by atoms with E-state index in [9.17, 15) is 5.11 Å². The maximum atomic E-state index is 10.5. The van der Waals surface area contributed by atoms with E-state index in [0.29, 0.717) is 31.0 Å². The third-order valence-electron chi connectivity index (χ3n) is 8.77. The number of hydrogen-bond acceptors (Lipinski definition) is 8. The van der Waals surface area contributed by atoms with Gasteiger partial charge in [-0.05, 0) is 70.7 Å². The van der Waals surface area contributed by atoms with Crippen molar-refractivity contribution in [2.24, 2.45) is 13.0 Å². The average Bonchev–Trinajstić information content (AvgIpc) is 3.70. The molecule has 2 aliphatic heterocycles. The molecule has 7 rings (SSSR count). The Morgan fingerprint density at radius 2 is 1.63 bits per heavy atom. The van der Waals surface area contributed by atoms with Gasteiger partial charge in [-0.1, -0.05) is 26.0 Å². The minimum absolute atomic E-state index is 0.334. The number of benzene rings is 1. The van der Waals surface area contributed by atoms with Crippen LogP contribution in [0.1, 0.15) is 70.9 Å². The minimum Gasteiger partial charge on any atom is -0.390 e. The zero-order valence-corrected chi connectivity index (χ0v) is 25.2. The predicted octanol–water partition coefficient (Wildman–Crippen LogP) is 4.43. The van der Waals surface area contributed by atoms with Gasteiger partial charge in [-0.15, -0.1) is 0 Å². The Balaban J connectivity index is 0.00000148. The largest absolute Gasteiger partial charge is 0.390 e. The number of ether oxygens (including phenoxy) is 1. The first kappa shape index (κ1) is 28.1. The normalized spacial score (nSPS) is 19.1. The highest BCUT2D eigenvalue weighted by molar-refractivity contribution is 5.86. The van der Waals surface area contributed by atoms with Crippen LogP contribution in [0.15, 0.2) is 24.3 Å². The van der Waals surface area contributed by atoms with Gasteiger partial charge in [0.2, 0.25) is 5.95 Å². The zero-order valence-electron chi connectivity index (χ0n) is 25.2. The van der Waals surface area contributed by atoms with E-state index in [1.54, 1.807) is 0 Å². The maximum absolute atomic E-state index is 10.5. The quantitative estimate of drug-likeness (QED) is 0.370. The molecule has 5 heterocycles. The number of morpholine rings is 1. The van der Waals surface area contributed by atoms with Gasteiger partial charge in [-0.25, -0.2) is 9.97 Å². The van der Waals surface area contributed by atoms with Crippen molar-refractivity contribution in [3.63, 3.8) is 0 Å². The molecular weight excluding hydrogens is 516 g/mol. The third-order valence-corrected chi connectivity index (χ3v) is 8.77. The molecular formula is C31H44N8O2. The molecule has 0 atom stereocenters. The molecule has 1 saturated carbocycles. The Labute approximate surface area is 242 Å². The molecule has 41 heavy (non-hydrogen) atoms. The number of imidazole rings is 2. The summed E-state index contributed by atoms with van der Waals surface area (Å²) in [5.41, 5.74) is 3.10. The average molecular weight is 561 g/mol. The Morgan fingerprint density at radius 1 is 0.927 bits per heavy atom. The summed E-state index contributed by atoms with van der Waals surface area (Å²) in [7, 11) is 2.07. The van der Waals surface area contributed by atoms with E-state index in [1.165, 1.54) is 0 Å². The number of hydrogen-bond donors (Lipinski definition) is 1. The zero-order chi connectivity index (χ0) is 28.7. The number of aliphatic hydroxyl groups is 1. The molecule has 220 valence electrons. The minimum atomic E-state index is -0.625. The molecule has 0 amide bonds. The van der Waals surface area contributed by atoms with Crippen molar-refractivity contribution in [3.05, 3.63) is 35.9 Å². The van der Waals surface area contributed by atoms with Gasteiger partial charge in [0.15, 0.2) is 17.0 Å². The van der Waals surface area contributed by atoms with Gasteiger partial charge in [0, 0.05) is 26.1 Å². The summed E-state index contributed by atoms with van der Waals surface area (Å²) in [5, 5.41) is 10.5. The van der Waals surface area contributed by atoms with Gasteiger partial charge in [0.1, 0.15) is 11.6 Å². The third kappa shape index (κ3) is 5.45. The first-order valence-electron chi connectivity index (χ1n) is 15.4. The Hall–Kier alpha value is -3.08. The maximum Gasteiger partial charge on any atom is 0.239 e. The smallest absolute Gasteiger partial charge is 0.239 e. The van der Waals surface area contributed by atoms with Crippen molar-refractivity contribution in [3.8, 4) is 5.95 Å². The lowest BCUT2D eigenvalue weighted by molar-refractivity contribution is -0.0139. The second-order valence-electron chi connectivity index (χ2n) is 12.0. The first-order valence-corrected chi connectivity index (χ1v) is 15.4. The van der Waals surface area contributed by atoms with Crippen LogP contribution >= 0.6 is 0 Å². The molecule has 0 spiro atoms. The van der Waals surface area contributed by atoms with Crippen LogP contribution in [-0.4, -0.2) is 84.1 Å². The number of para-hydroxylation sites is 2. The molecule has 1 N–H and O–H groups in total. The van der Waals surface area contributed by atoms with Gasteiger partial charge in [-0.3, -0.25) is 9.47 Å². The molecule has 1 aromatic carbocycles. The van der Waals surface area contributed by atoms with E-state index in [-0.39, 0.29) is 0 Å². The molecule has 10 nitrogen and oxygen atoms in total. The van der Waals surface area contributed by atoms with Gasteiger partial charge in [-0.2, -0.15) is 9.97 Å². The number of rotatable bonds is 6. The Bertz CT molecular complexity index is 1500. The van der Waals surface area contributed by atoms with Crippen molar-refractivity contribution in [2.45, 2.75) is 71.4 Å². The van der Waals surface area contributed by atoms with Crippen LogP contribution in [0.3, 0.4) is 0 Å². The van der Waals surface area contributed by atoms with E-state index >= 15 is 0 Å². The molecule has 10 heteroatoms. The number of fused-ring (bicyclic) bond motifs is 2. The number of piperidine rings is 1. The molecule has 0 unspecified atom stereocenters. The molecule has 0 bridgehead atoms. The van der Waals surface area contributed by atoms with Crippen LogP contribution in [0.5, 0.6) is 0 Å². The summed E-state index contributed by atoms with van der Waals surface area (Å²) in [6.45, 7) is 13.4. The highest BCUT2D eigenvalue weighted by atomic mass is 16.5. The van der Waals surface area contributed by atoms with Crippen LogP contribution in [0, 0.1) is 5.92 Å². The number of nitrogens with zero attached hydrogens (tertiary/aromatic N) is 8. The first-order chi connectivity index (χ1) is 19.9. The second kappa shape index (κ2) is 11.3. The summed E-state index contributed by atoms with van der Waals surface area (Å²) < 4.78 is 9.98. The molecule has 2 saturated heterocycles. The SMILES string of the molecule is CC.Cn1c(CN2CCC(C(C)(C)O)CC2)nc2c(N3CCOCC3)nc(-n3c(C4CC4)nc4ccccc43)nc21. The number of aromatic nitrogens is 6. The van der Waals surface area contributed by atoms with E-state index in [0.717, 1.165) is 98.1 Å². The van der Waals surface area contributed by atoms with Crippen molar-refractivity contribution in [2.75, 3.05) is 44.3 Å². The van der Waals surface area contributed by atoms with Crippen LogP contribution in [-0.2, 0) is 18.3 Å². The topological polar surface area (TPSA) is 97.4 Å². The van der Waals surface area contributed by atoms with Gasteiger partial charge >= 0.3 is 0 Å². The molecule has 3 fully saturated rings. The van der Waals surface area contributed by atoms with Crippen molar-refractivity contribution in [1.82, 2.24) is 34.0 Å². The molecule has 1 aliphatic carbocycles. The Kier molecular flexibility index (Phi) is 7.74. The van der Waals surface area contributed by atoms with Crippen LogP contribution in [0.4, 0.5) is 5.82 Å². The molecule has 3 aliphatic rings. The summed E-state index contributed by atoms with van der Waals surface area (Å²) >= 11 is 0. The molecule has 4 aromatic rings. The van der Waals surface area contributed by atoms with Gasteiger partial charge < -0.3 is 19.3 Å². The molecule has 3 aromatic heterocycles. The fourth-order valence-corrected chi connectivity index (χ4v) is 6.19. The lowest BCUT2D eigenvalue weighted by Crippen LogP contribution is -2.41. The summed E-state index contributed by atoms with van der Waals surface area (Å²) in [5.74, 6) is 4.38.